The Morgan fingerprint density at radius 2 is 2.00 bits per heavy atom. The molecule has 0 amide bonds. The van der Waals surface area contributed by atoms with E-state index in [2.05, 4.69) is 5.10 Å². The van der Waals surface area contributed by atoms with Gasteiger partial charge in [-0.25, -0.2) is 4.68 Å². The highest BCUT2D eigenvalue weighted by Gasteiger charge is 2.17. The first kappa shape index (κ1) is 18.8. The summed E-state index contributed by atoms with van der Waals surface area (Å²) in [4.78, 5) is 0. The molecule has 1 heterocycles. The molecule has 0 bridgehead atoms. The van der Waals surface area contributed by atoms with Crippen LogP contribution in [-0.4, -0.2) is 22.1 Å². The summed E-state index contributed by atoms with van der Waals surface area (Å²) in [5.74, 6) is 0.755. The highest BCUT2D eigenvalue weighted by atomic mass is 19.3. The molecule has 0 unspecified atom stereocenters. The lowest BCUT2D eigenvalue weighted by molar-refractivity contribution is 0.0564. The number of ether oxygens (including phenoxy) is 1. The minimum Gasteiger partial charge on any atom is -0.493 e. The molecule has 0 saturated heterocycles. The van der Waals surface area contributed by atoms with E-state index in [1.54, 1.807) is 19.9 Å². The van der Waals surface area contributed by atoms with Gasteiger partial charge in [0, 0.05) is 23.9 Å². The minimum atomic E-state index is -2.70. The van der Waals surface area contributed by atoms with Gasteiger partial charge < -0.3 is 10.1 Å². The smallest absolute Gasteiger partial charge is 0.333 e. The largest absolute Gasteiger partial charge is 0.493 e. The van der Waals surface area contributed by atoms with E-state index in [0.717, 1.165) is 17.7 Å². The predicted octanol–water partition coefficient (Wildman–Crippen LogP) is 5.10. The molecule has 0 aliphatic carbocycles. The Labute approximate surface area is 146 Å². The van der Waals surface area contributed by atoms with Crippen LogP contribution in [0.5, 0.6) is 5.75 Å². The van der Waals surface area contributed by atoms with Gasteiger partial charge in [0.25, 0.3) is 0 Å². The first-order valence-corrected chi connectivity index (χ1v) is 8.23. The minimum absolute atomic E-state index is 0.349. The van der Waals surface area contributed by atoms with Crippen molar-refractivity contribution in [1.29, 1.82) is 5.41 Å². The van der Waals surface area contributed by atoms with Gasteiger partial charge in [0.2, 0.25) is 0 Å². The van der Waals surface area contributed by atoms with Crippen LogP contribution in [0.15, 0.2) is 36.5 Å². The second-order valence-corrected chi connectivity index (χ2v) is 5.90. The first-order chi connectivity index (χ1) is 11.9. The molecule has 0 fully saturated rings. The molecule has 1 aromatic carbocycles. The average molecular weight is 347 g/mol. The van der Waals surface area contributed by atoms with Crippen molar-refractivity contribution < 1.29 is 13.5 Å². The molecular formula is C19H23F2N3O. The number of para-hydroxylation sites is 1. The van der Waals surface area contributed by atoms with Gasteiger partial charge in [-0.05, 0) is 43.5 Å². The van der Waals surface area contributed by atoms with Crippen LogP contribution in [-0.2, 0) is 6.42 Å². The average Bonchev–Trinajstić information content (AvgIpc) is 2.98. The molecule has 2 aromatic rings. The molecule has 0 spiro atoms. The maximum Gasteiger partial charge on any atom is 0.333 e. The number of aromatic nitrogens is 2. The summed E-state index contributed by atoms with van der Waals surface area (Å²) in [5.41, 5.74) is 3.13. The zero-order chi connectivity index (χ0) is 18.4. The third kappa shape index (κ3) is 4.98. The fourth-order valence-corrected chi connectivity index (χ4v) is 2.59. The first-order valence-electron chi connectivity index (χ1n) is 8.23. The zero-order valence-electron chi connectivity index (χ0n) is 14.7. The van der Waals surface area contributed by atoms with Crippen molar-refractivity contribution in [2.75, 3.05) is 6.61 Å². The number of rotatable bonds is 8. The monoisotopic (exact) mass is 347 g/mol. The number of alkyl halides is 2. The molecule has 0 aliphatic heterocycles. The Hall–Kier alpha value is -2.50. The predicted molar refractivity (Wildman–Crippen MR) is 95.6 cm³/mol. The summed E-state index contributed by atoms with van der Waals surface area (Å²) in [5, 5.41) is 11.6. The maximum atomic E-state index is 13.1. The van der Waals surface area contributed by atoms with Gasteiger partial charge in [-0.1, -0.05) is 25.1 Å². The van der Waals surface area contributed by atoms with E-state index in [1.165, 1.54) is 6.20 Å². The molecule has 0 radical (unpaired) electrons. The van der Waals surface area contributed by atoms with Gasteiger partial charge in [-0.15, -0.1) is 0 Å². The Balaban J connectivity index is 2.40. The van der Waals surface area contributed by atoms with Crippen molar-refractivity contribution in [2.24, 2.45) is 0 Å². The number of hydrogen-bond donors (Lipinski definition) is 1. The third-order valence-corrected chi connectivity index (χ3v) is 3.63. The summed E-state index contributed by atoms with van der Waals surface area (Å²) >= 11 is 0. The molecule has 0 aliphatic rings. The summed E-state index contributed by atoms with van der Waals surface area (Å²) in [6.07, 6.45) is 4.32. The Morgan fingerprint density at radius 3 is 2.64 bits per heavy atom. The van der Waals surface area contributed by atoms with Crippen LogP contribution in [0.2, 0.25) is 0 Å². The van der Waals surface area contributed by atoms with E-state index >= 15 is 0 Å². The zero-order valence-corrected chi connectivity index (χ0v) is 14.7. The second-order valence-electron chi connectivity index (χ2n) is 5.90. The van der Waals surface area contributed by atoms with Crippen molar-refractivity contribution in [3.05, 3.63) is 53.4 Å². The fraction of sp³-hybridized carbons (Fsp3) is 0.368. The molecule has 2 rings (SSSR count). The fourth-order valence-electron chi connectivity index (χ4n) is 2.59. The van der Waals surface area contributed by atoms with E-state index in [1.807, 2.05) is 31.2 Å². The van der Waals surface area contributed by atoms with Gasteiger partial charge in [0.15, 0.2) is 0 Å². The number of halogens is 2. The van der Waals surface area contributed by atoms with Crippen LogP contribution >= 0.6 is 0 Å². The molecule has 1 N–H and O–H groups in total. The number of nitrogens with one attached hydrogen (secondary N) is 1. The van der Waals surface area contributed by atoms with Gasteiger partial charge >= 0.3 is 6.55 Å². The lowest BCUT2D eigenvalue weighted by Crippen LogP contribution is -2.00. The molecule has 4 nitrogen and oxygen atoms in total. The standard InChI is InChI=1S/C19H23F2N3O/c1-4-9-25-17-8-6-5-7-15(17)11-16-12-24(19(20)21)23-18(16)13(2)10-14(3)22/h5-8,10,12,19,22H,4,9,11H2,1-3H3/b13-10+,22-14?. The second kappa shape index (κ2) is 8.55. The SMILES string of the molecule is CCCOc1ccccc1Cc1cn(C(F)F)nc1/C(C)=C/C(C)=N. The summed E-state index contributed by atoms with van der Waals surface area (Å²) in [6, 6.07) is 7.60. The van der Waals surface area contributed by atoms with E-state index in [4.69, 9.17) is 10.1 Å². The van der Waals surface area contributed by atoms with Gasteiger partial charge in [-0.3, -0.25) is 0 Å². The van der Waals surface area contributed by atoms with Crippen molar-refractivity contribution in [1.82, 2.24) is 9.78 Å². The molecule has 0 atom stereocenters. The number of hydrogen-bond acceptors (Lipinski definition) is 3. The van der Waals surface area contributed by atoms with Crippen molar-refractivity contribution in [3.8, 4) is 5.75 Å². The van der Waals surface area contributed by atoms with Crippen LogP contribution in [0.4, 0.5) is 8.78 Å². The van der Waals surface area contributed by atoms with Gasteiger partial charge in [0.1, 0.15) is 5.75 Å². The third-order valence-electron chi connectivity index (χ3n) is 3.63. The summed E-state index contributed by atoms with van der Waals surface area (Å²) in [6.45, 7) is 3.35. The van der Waals surface area contributed by atoms with Crippen LogP contribution in [0, 0.1) is 5.41 Å². The molecule has 6 heteroatoms. The van der Waals surface area contributed by atoms with Crippen LogP contribution < -0.4 is 4.74 Å². The molecule has 25 heavy (non-hydrogen) atoms. The normalized spacial score (nSPS) is 11.8. The van der Waals surface area contributed by atoms with Crippen LogP contribution in [0.25, 0.3) is 5.57 Å². The van der Waals surface area contributed by atoms with E-state index in [-0.39, 0.29) is 0 Å². The summed E-state index contributed by atoms with van der Waals surface area (Å²) < 4.78 is 32.6. The van der Waals surface area contributed by atoms with E-state index in [9.17, 15) is 8.78 Å². The Kier molecular flexibility index (Phi) is 6.44. The van der Waals surface area contributed by atoms with Gasteiger partial charge in [-0.2, -0.15) is 13.9 Å². The molecular weight excluding hydrogens is 324 g/mol. The maximum absolute atomic E-state index is 13.1. The molecule has 0 saturated carbocycles. The van der Waals surface area contributed by atoms with Crippen molar-refractivity contribution in [2.45, 2.75) is 40.2 Å². The highest BCUT2D eigenvalue weighted by molar-refractivity contribution is 5.96. The number of nitrogens with zero attached hydrogens (tertiary/aromatic N) is 2. The van der Waals surface area contributed by atoms with E-state index in [0.29, 0.717) is 40.3 Å². The lowest BCUT2D eigenvalue weighted by atomic mass is 10.0. The number of benzene rings is 1. The molecule has 1 aromatic heterocycles. The summed E-state index contributed by atoms with van der Waals surface area (Å²) in [7, 11) is 0. The Bertz CT molecular complexity index is 766. The van der Waals surface area contributed by atoms with Crippen LogP contribution in [0.1, 0.15) is 50.6 Å². The van der Waals surface area contributed by atoms with E-state index < -0.39 is 6.55 Å². The van der Waals surface area contributed by atoms with Crippen LogP contribution in [0.3, 0.4) is 0 Å². The van der Waals surface area contributed by atoms with Crippen molar-refractivity contribution >= 4 is 11.3 Å². The topological polar surface area (TPSA) is 50.9 Å². The van der Waals surface area contributed by atoms with Gasteiger partial charge in [0.05, 0.1) is 12.3 Å². The molecule has 134 valence electrons. The highest BCUT2D eigenvalue weighted by Crippen LogP contribution is 2.27. The number of allylic oxidation sites excluding steroid dienone is 2. The quantitative estimate of drug-likeness (QED) is 0.675. The lowest BCUT2D eigenvalue weighted by Gasteiger charge is -2.11. The Morgan fingerprint density at radius 1 is 1.28 bits per heavy atom. The van der Waals surface area contributed by atoms with Crippen molar-refractivity contribution in [3.63, 3.8) is 0 Å².